The van der Waals surface area contributed by atoms with Gasteiger partial charge in [0.25, 0.3) is 5.91 Å². The highest BCUT2D eigenvalue weighted by atomic mass is 16.5. The molecule has 0 radical (unpaired) electrons. The summed E-state index contributed by atoms with van der Waals surface area (Å²) in [5, 5.41) is 0. The molecule has 40 heavy (non-hydrogen) atoms. The molecule has 1 unspecified atom stereocenters. The molecule has 1 atom stereocenters. The molecule has 6 rings (SSSR count). The van der Waals surface area contributed by atoms with Crippen molar-refractivity contribution in [3.8, 4) is 5.75 Å². The minimum Gasteiger partial charge on any atom is -0.484 e. The van der Waals surface area contributed by atoms with Crippen LogP contribution in [0.1, 0.15) is 63.1 Å². The SMILES string of the molecule is Cc1cccc(C2c3cc(OCc4nc(C(=O)N(C)Cc5ccccc5)co4)ccc3CCN2C(=O)C2CC2)c1. The van der Waals surface area contributed by atoms with Gasteiger partial charge in [-0.25, -0.2) is 4.98 Å². The van der Waals surface area contributed by atoms with Crippen molar-refractivity contribution in [1.82, 2.24) is 14.8 Å². The van der Waals surface area contributed by atoms with Gasteiger partial charge >= 0.3 is 0 Å². The maximum atomic E-state index is 13.3. The van der Waals surface area contributed by atoms with Crippen LogP contribution >= 0.6 is 0 Å². The minimum absolute atomic E-state index is 0.0916. The molecule has 0 spiro atoms. The molecule has 0 saturated heterocycles. The summed E-state index contributed by atoms with van der Waals surface area (Å²) in [7, 11) is 1.75. The standard InChI is InChI=1S/C33H33N3O4/c1-22-7-6-10-26(17-22)31-28-18-27(14-13-24(28)15-16-36(31)32(37)25-11-12-25)39-21-30-34-29(20-40-30)33(38)35(2)19-23-8-4-3-5-9-23/h3-10,13-14,17-18,20,25,31H,11-12,15-16,19,21H2,1-2H3. The molecule has 7 nitrogen and oxygen atoms in total. The number of hydrogen-bond acceptors (Lipinski definition) is 5. The molecule has 2 amide bonds. The van der Waals surface area contributed by atoms with E-state index in [0.29, 0.717) is 24.7 Å². The van der Waals surface area contributed by atoms with Crippen LogP contribution in [-0.2, 0) is 24.4 Å². The first-order chi connectivity index (χ1) is 19.5. The van der Waals surface area contributed by atoms with Crippen LogP contribution in [0.4, 0.5) is 0 Å². The molecular weight excluding hydrogens is 502 g/mol. The summed E-state index contributed by atoms with van der Waals surface area (Å²) in [6.45, 7) is 3.37. The molecule has 2 aliphatic rings. The van der Waals surface area contributed by atoms with Crippen molar-refractivity contribution in [2.45, 2.75) is 45.4 Å². The topological polar surface area (TPSA) is 75.9 Å². The van der Waals surface area contributed by atoms with Gasteiger partial charge < -0.3 is 19.0 Å². The second-order valence-electron chi connectivity index (χ2n) is 10.8. The fourth-order valence-electron chi connectivity index (χ4n) is 5.43. The van der Waals surface area contributed by atoms with Crippen molar-refractivity contribution in [2.75, 3.05) is 13.6 Å². The fraction of sp³-hybridized carbons (Fsp3) is 0.303. The van der Waals surface area contributed by atoms with E-state index in [1.807, 2.05) is 42.5 Å². The van der Waals surface area contributed by atoms with E-state index in [9.17, 15) is 9.59 Å². The third-order valence-corrected chi connectivity index (χ3v) is 7.66. The first-order valence-corrected chi connectivity index (χ1v) is 13.8. The Balaban J connectivity index is 1.18. The molecule has 7 heteroatoms. The van der Waals surface area contributed by atoms with Crippen LogP contribution in [0.2, 0.25) is 0 Å². The highest BCUT2D eigenvalue weighted by molar-refractivity contribution is 5.91. The van der Waals surface area contributed by atoms with Crippen molar-refractivity contribution in [1.29, 1.82) is 0 Å². The Bertz CT molecular complexity index is 1530. The van der Waals surface area contributed by atoms with E-state index in [-0.39, 0.29) is 36.1 Å². The zero-order valence-corrected chi connectivity index (χ0v) is 22.9. The molecular formula is C33H33N3O4. The van der Waals surface area contributed by atoms with Crippen LogP contribution in [0.5, 0.6) is 5.75 Å². The molecule has 1 fully saturated rings. The number of hydrogen-bond donors (Lipinski definition) is 0. The Morgan fingerprint density at radius 3 is 2.65 bits per heavy atom. The smallest absolute Gasteiger partial charge is 0.275 e. The Morgan fingerprint density at radius 1 is 1.05 bits per heavy atom. The molecule has 0 bridgehead atoms. The number of fused-ring (bicyclic) bond motifs is 1. The normalized spacial score (nSPS) is 16.4. The highest BCUT2D eigenvalue weighted by Crippen LogP contribution is 2.41. The average Bonchev–Trinajstić information content (AvgIpc) is 3.72. The molecule has 204 valence electrons. The van der Waals surface area contributed by atoms with Gasteiger partial charge in [0.1, 0.15) is 12.0 Å². The van der Waals surface area contributed by atoms with Crippen molar-refractivity contribution < 1.29 is 18.7 Å². The third kappa shape index (κ3) is 5.50. The number of nitrogens with zero attached hydrogens (tertiary/aromatic N) is 3. The maximum absolute atomic E-state index is 13.3. The van der Waals surface area contributed by atoms with Crippen molar-refractivity contribution in [3.63, 3.8) is 0 Å². The first kappa shape index (κ1) is 25.9. The molecule has 2 heterocycles. The van der Waals surface area contributed by atoms with E-state index in [4.69, 9.17) is 9.15 Å². The minimum atomic E-state index is -0.214. The maximum Gasteiger partial charge on any atom is 0.275 e. The fourth-order valence-corrected chi connectivity index (χ4v) is 5.43. The predicted octanol–water partition coefficient (Wildman–Crippen LogP) is 5.72. The van der Waals surface area contributed by atoms with Gasteiger partial charge in [0.05, 0.1) is 6.04 Å². The number of aromatic nitrogens is 1. The summed E-state index contributed by atoms with van der Waals surface area (Å²) in [6, 6.07) is 24.2. The number of carbonyl (C=O) groups is 2. The van der Waals surface area contributed by atoms with Crippen LogP contribution in [0, 0.1) is 12.8 Å². The van der Waals surface area contributed by atoms with E-state index in [0.717, 1.165) is 36.0 Å². The lowest BCUT2D eigenvalue weighted by Gasteiger charge is -2.38. The van der Waals surface area contributed by atoms with Crippen LogP contribution in [-0.4, -0.2) is 40.2 Å². The summed E-state index contributed by atoms with van der Waals surface area (Å²) in [6.07, 6.45) is 4.16. The summed E-state index contributed by atoms with van der Waals surface area (Å²) in [4.78, 5) is 34.2. The van der Waals surface area contributed by atoms with Gasteiger partial charge in [-0.15, -0.1) is 0 Å². The van der Waals surface area contributed by atoms with E-state index in [2.05, 4.69) is 47.1 Å². The number of amides is 2. The third-order valence-electron chi connectivity index (χ3n) is 7.66. The van der Waals surface area contributed by atoms with E-state index >= 15 is 0 Å². The highest BCUT2D eigenvalue weighted by Gasteiger charge is 2.39. The lowest BCUT2D eigenvalue weighted by molar-refractivity contribution is -0.134. The number of rotatable bonds is 8. The quantitative estimate of drug-likeness (QED) is 0.289. The van der Waals surface area contributed by atoms with Gasteiger partial charge in [-0.1, -0.05) is 66.2 Å². The van der Waals surface area contributed by atoms with Gasteiger partial charge in [0.2, 0.25) is 11.8 Å². The number of benzene rings is 3. The van der Waals surface area contributed by atoms with Crippen LogP contribution in [0.15, 0.2) is 83.5 Å². The molecule has 1 aliphatic heterocycles. The Morgan fingerprint density at radius 2 is 1.88 bits per heavy atom. The lowest BCUT2D eigenvalue weighted by Crippen LogP contribution is -2.41. The summed E-state index contributed by atoms with van der Waals surface area (Å²) < 4.78 is 11.7. The second-order valence-corrected chi connectivity index (χ2v) is 10.8. The van der Waals surface area contributed by atoms with Crippen LogP contribution in [0.25, 0.3) is 0 Å². The molecule has 4 aromatic rings. The Labute approximate surface area is 234 Å². The summed E-state index contributed by atoms with van der Waals surface area (Å²) >= 11 is 0. The lowest BCUT2D eigenvalue weighted by atomic mass is 9.87. The number of ether oxygens (including phenoxy) is 1. The number of aryl methyl sites for hydroxylation is 1. The van der Waals surface area contributed by atoms with Gasteiger partial charge in [-0.2, -0.15) is 0 Å². The summed E-state index contributed by atoms with van der Waals surface area (Å²) in [5.41, 5.74) is 5.88. The number of oxazole rings is 1. The average molecular weight is 536 g/mol. The van der Waals surface area contributed by atoms with Crippen molar-refractivity contribution in [3.05, 3.63) is 118 Å². The van der Waals surface area contributed by atoms with Crippen molar-refractivity contribution >= 4 is 11.8 Å². The largest absolute Gasteiger partial charge is 0.484 e. The zero-order valence-electron chi connectivity index (χ0n) is 22.9. The van der Waals surface area contributed by atoms with Gasteiger partial charge in [0.15, 0.2) is 12.3 Å². The molecule has 3 aromatic carbocycles. The molecule has 1 saturated carbocycles. The zero-order chi connectivity index (χ0) is 27.6. The van der Waals surface area contributed by atoms with Crippen LogP contribution < -0.4 is 4.74 Å². The van der Waals surface area contributed by atoms with Gasteiger partial charge in [-0.3, -0.25) is 9.59 Å². The number of carbonyl (C=O) groups excluding carboxylic acids is 2. The van der Waals surface area contributed by atoms with Crippen LogP contribution in [0.3, 0.4) is 0 Å². The van der Waals surface area contributed by atoms with Gasteiger partial charge in [-0.05, 0) is 60.6 Å². The summed E-state index contributed by atoms with van der Waals surface area (Å²) in [5.74, 6) is 1.19. The molecule has 1 aromatic heterocycles. The van der Waals surface area contributed by atoms with Crippen molar-refractivity contribution in [2.24, 2.45) is 5.92 Å². The van der Waals surface area contributed by atoms with E-state index < -0.39 is 0 Å². The first-order valence-electron chi connectivity index (χ1n) is 13.8. The molecule has 0 N–H and O–H groups in total. The predicted molar refractivity (Wildman–Crippen MR) is 151 cm³/mol. The second kappa shape index (κ2) is 11.0. The monoisotopic (exact) mass is 535 g/mol. The van der Waals surface area contributed by atoms with Gasteiger partial charge in [0, 0.05) is 26.1 Å². The van der Waals surface area contributed by atoms with E-state index in [1.54, 1.807) is 11.9 Å². The Kier molecular flexibility index (Phi) is 7.11. The molecule has 1 aliphatic carbocycles. The van der Waals surface area contributed by atoms with E-state index in [1.165, 1.54) is 17.4 Å². The Hall–Kier alpha value is -4.39.